The summed E-state index contributed by atoms with van der Waals surface area (Å²) in [6, 6.07) is 16.3. The minimum atomic E-state index is -0.737. The summed E-state index contributed by atoms with van der Waals surface area (Å²) in [7, 11) is 0. The first-order chi connectivity index (χ1) is 11.6. The summed E-state index contributed by atoms with van der Waals surface area (Å²) in [5.74, 6) is -0.301. The van der Waals surface area contributed by atoms with Crippen molar-refractivity contribution in [3.8, 4) is 5.75 Å². The molecule has 1 aromatic heterocycles. The molecule has 5 nitrogen and oxygen atoms in total. The van der Waals surface area contributed by atoms with Gasteiger partial charge in [-0.05, 0) is 17.7 Å². The van der Waals surface area contributed by atoms with Crippen LogP contribution in [0.5, 0.6) is 5.75 Å². The monoisotopic (exact) mass is 322 g/mol. The summed E-state index contributed by atoms with van der Waals surface area (Å²) >= 11 is 0. The molecule has 0 aliphatic rings. The lowest BCUT2D eigenvalue weighted by Crippen LogP contribution is -2.43. The highest BCUT2D eigenvalue weighted by Gasteiger charge is 2.23. The lowest BCUT2D eigenvalue weighted by atomic mass is 10.1. The standard InChI is InChI=1S/C19H18N2O3/c1-13(22)21-17(11-14-7-3-2-4-8-14)19(23)24-18-12-20-16-10-6-5-9-15(16)18/h2-10,12,17,20H,11H2,1H3,(H,21,22). The van der Waals surface area contributed by atoms with Crippen molar-refractivity contribution < 1.29 is 14.3 Å². The van der Waals surface area contributed by atoms with E-state index in [0.29, 0.717) is 12.2 Å². The molecule has 2 aromatic carbocycles. The van der Waals surface area contributed by atoms with Crippen LogP contribution < -0.4 is 10.1 Å². The number of benzene rings is 2. The number of nitrogens with one attached hydrogen (secondary N) is 2. The van der Waals surface area contributed by atoms with E-state index in [1.807, 2.05) is 54.6 Å². The summed E-state index contributed by atoms with van der Waals surface area (Å²) in [5, 5.41) is 3.49. The van der Waals surface area contributed by atoms with E-state index < -0.39 is 12.0 Å². The second-order valence-electron chi connectivity index (χ2n) is 5.56. The summed E-state index contributed by atoms with van der Waals surface area (Å²) < 4.78 is 5.52. The Morgan fingerprint density at radius 1 is 1.08 bits per heavy atom. The molecule has 1 amide bonds. The molecule has 1 atom stereocenters. The van der Waals surface area contributed by atoms with Gasteiger partial charge >= 0.3 is 5.97 Å². The molecule has 0 aliphatic heterocycles. The third-order valence-electron chi connectivity index (χ3n) is 3.71. The van der Waals surface area contributed by atoms with Crippen LogP contribution in [0.25, 0.3) is 10.9 Å². The number of esters is 1. The Kier molecular flexibility index (Phi) is 4.61. The molecule has 0 fully saturated rings. The van der Waals surface area contributed by atoms with Gasteiger partial charge in [-0.2, -0.15) is 0 Å². The minimum Gasteiger partial charge on any atom is -0.423 e. The largest absolute Gasteiger partial charge is 0.423 e. The van der Waals surface area contributed by atoms with Gasteiger partial charge in [-0.25, -0.2) is 4.79 Å². The van der Waals surface area contributed by atoms with E-state index in [2.05, 4.69) is 10.3 Å². The Morgan fingerprint density at radius 3 is 2.54 bits per heavy atom. The summed E-state index contributed by atoms with van der Waals surface area (Å²) in [6.45, 7) is 1.39. The number of aromatic amines is 1. The molecule has 0 aliphatic carbocycles. The lowest BCUT2D eigenvalue weighted by Gasteiger charge is -2.16. The maximum atomic E-state index is 12.5. The number of ether oxygens (including phenoxy) is 1. The van der Waals surface area contributed by atoms with Crippen LogP contribution in [0.4, 0.5) is 0 Å². The Bertz CT molecular complexity index is 855. The summed E-state index contributed by atoms with van der Waals surface area (Å²) in [4.78, 5) is 27.0. The number of aromatic nitrogens is 1. The van der Waals surface area contributed by atoms with Gasteiger partial charge in [-0.3, -0.25) is 4.79 Å². The van der Waals surface area contributed by atoms with E-state index in [4.69, 9.17) is 4.74 Å². The first-order valence-electron chi connectivity index (χ1n) is 7.72. The molecule has 0 radical (unpaired) electrons. The van der Waals surface area contributed by atoms with Crippen LogP contribution in [-0.4, -0.2) is 22.9 Å². The highest BCUT2D eigenvalue weighted by Crippen LogP contribution is 2.25. The molecule has 3 aromatic rings. The van der Waals surface area contributed by atoms with Crippen LogP contribution in [0, 0.1) is 0 Å². The molecule has 5 heteroatoms. The highest BCUT2D eigenvalue weighted by atomic mass is 16.5. The van der Waals surface area contributed by atoms with Gasteiger partial charge in [-0.15, -0.1) is 0 Å². The van der Waals surface area contributed by atoms with Gasteiger partial charge in [0.05, 0.1) is 0 Å². The van der Waals surface area contributed by atoms with E-state index in [-0.39, 0.29) is 5.91 Å². The molecule has 24 heavy (non-hydrogen) atoms. The fourth-order valence-corrected chi connectivity index (χ4v) is 2.60. The number of carbonyl (C=O) groups is 2. The van der Waals surface area contributed by atoms with E-state index in [1.54, 1.807) is 6.20 Å². The smallest absolute Gasteiger partial charge is 0.334 e. The van der Waals surface area contributed by atoms with Crippen molar-refractivity contribution in [2.24, 2.45) is 0 Å². The van der Waals surface area contributed by atoms with Gasteiger partial charge in [0.25, 0.3) is 0 Å². The van der Waals surface area contributed by atoms with Gasteiger partial charge in [0.2, 0.25) is 5.91 Å². The summed E-state index contributed by atoms with van der Waals surface area (Å²) in [5.41, 5.74) is 1.84. The van der Waals surface area contributed by atoms with Crippen LogP contribution >= 0.6 is 0 Å². The number of fused-ring (bicyclic) bond motifs is 1. The van der Waals surface area contributed by atoms with Gasteiger partial charge in [-0.1, -0.05) is 42.5 Å². The number of rotatable bonds is 5. The number of hydrogen-bond acceptors (Lipinski definition) is 3. The second kappa shape index (κ2) is 7.00. The van der Waals surface area contributed by atoms with E-state index in [9.17, 15) is 9.59 Å². The predicted octanol–water partition coefficient (Wildman–Crippen LogP) is 2.82. The van der Waals surface area contributed by atoms with Crippen molar-refractivity contribution in [1.82, 2.24) is 10.3 Å². The highest BCUT2D eigenvalue weighted by molar-refractivity contribution is 5.91. The van der Waals surface area contributed by atoms with Crippen molar-refractivity contribution in [1.29, 1.82) is 0 Å². The number of H-pyrrole nitrogens is 1. The maximum Gasteiger partial charge on any atom is 0.334 e. The lowest BCUT2D eigenvalue weighted by molar-refractivity contribution is -0.138. The third-order valence-corrected chi connectivity index (χ3v) is 3.71. The third kappa shape index (κ3) is 3.63. The molecule has 0 bridgehead atoms. The van der Waals surface area contributed by atoms with Crippen LogP contribution in [-0.2, 0) is 16.0 Å². The molecular weight excluding hydrogens is 304 g/mol. The Labute approximate surface area is 139 Å². The SMILES string of the molecule is CC(=O)NC(Cc1ccccc1)C(=O)Oc1c[nH]c2ccccc12. The molecule has 3 rings (SSSR count). The number of para-hydroxylation sites is 1. The first kappa shape index (κ1) is 15.8. The van der Waals surface area contributed by atoms with Crippen LogP contribution in [0.15, 0.2) is 60.8 Å². The van der Waals surface area contributed by atoms with Crippen LogP contribution in [0.2, 0.25) is 0 Å². The molecule has 122 valence electrons. The zero-order valence-electron chi connectivity index (χ0n) is 13.3. The summed E-state index contributed by atoms with van der Waals surface area (Å²) in [6.07, 6.45) is 2.03. The molecule has 0 saturated heterocycles. The van der Waals surface area contributed by atoms with Crippen molar-refractivity contribution in [2.75, 3.05) is 0 Å². The average molecular weight is 322 g/mol. The minimum absolute atomic E-state index is 0.271. The average Bonchev–Trinajstić information content (AvgIpc) is 2.98. The molecule has 1 unspecified atom stereocenters. The molecule has 1 heterocycles. The van der Waals surface area contributed by atoms with E-state index in [1.165, 1.54) is 6.92 Å². The number of amides is 1. The fraction of sp³-hybridized carbons (Fsp3) is 0.158. The van der Waals surface area contributed by atoms with Crippen LogP contribution in [0.1, 0.15) is 12.5 Å². The number of hydrogen-bond donors (Lipinski definition) is 2. The van der Waals surface area contributed by atoms with E-state index in [0.717, 1.165) is 16.5 Å². The quantitative estimate of drug-likeness (QED) is 0.710. The van der Waals surface area contributed by atoms with Crippen LogP contribution in [0.3, 0.4) is 0 Å². The first-order valence-corrected chi connectivity index (χ1v) is 7.72. The molecular formula is C19H18N2O3. The fourth-order valence-electron chi connectivity index (χ4n) is 2.60. The Hall–Kier alpha value is -3.08. The van der Waals surface area contributed by atoms with Crippen molar-refractivity contribution in [3.05, 3.63) is 66.4 Å². The zero-order valence-corrected chi connectivity index (χ0v) is 13.3. The molecule has 0 spiro atoms. The van der Waals surface area contributed by atoms with Gasteiger partial charge in [0.15, 0.2) is 5.75 Å². The predicted molar refractivity (Wildman–Crippen MR) is 91.7 cm³/mol. The Morgan fingerprint density at radius 2 is 1.79 bits per heavy atom. The normalized spacial score (nSPS) is 11.9. The second-order valence-corrected chi connectivity index (χ2v) is 5.56. The molecule has 0 saturated carbocycles. The zero-order chi connectivity index (χ0) is 16.9. The Balaban J connectivity index is 1.79. The van der Waals surface area contributed by atoms with Crippen molar-refractivity contribution >= 4 is 22.8 Å². The molecule has 2 N–H and O–H groups in total. The topological polar surface area (TPSA) is 71.2 Å². The maximum absolute atomic E-state index is 12.5. The van der Waals surface area contributed by atoms with Gasteiger partial charge in [0.1, 0.15) is 6.04 Å². The van der Waals surface area contributed by atoms with Gasteiger partial charge in [0, 0.05) is 30.4 Å². The van der Waals surface area contributed by atoms with Crippen molar-refractivity contribution in [2.45, 2.75) is 19.4 Å². The van der Waals surface area contributed by atoms with Gasteiger partial charge < -0.3 is 15.0 Å². The number of carbonyl (C=O) groups excluding carboxylic acids is 2. The van der Waals surface area contributed by atoms with Crippen molar-refractivity contribution in [3.63, 3.8) is 0 Å². The van der Waals surface area contributed by atoms with E-state index >= 15 is 0 Å².